The fourth-order valence-corrected chi connectivity index (χ4v) is 1.28. The molecular formula is C13H17NO. The first-order valence-corrected chi connectivity index (χ1v) is 5.43. The summed E-state index contributed by atoms with van der Waals surface area (Å²) in [5.41, 5.74) is 1.94. The predicted octanol–water partition coefficient (Wildman–Crippen LogP) is 2.92. The molecule has 0 saturated carbocycles. The molecule has 0 aliphatic rings. The first-order chi connectivity index (χ1) is 7.36. The Bertz CT molecular complexity index is 310. The van der Waals surface area contributed by atoms with Gasteiger partial charge in [0.1, 0.15) is 0 Å². The van der Waals surface area contributed by atoms with Gasteiger partial charge in [0.25, 0.3) is 0 Å². The molecule has 0 heterocycles. The van der Waals surface area contributed by atoms with Crippen LogP contribution in [-0.2, 0) is 11.2 Å². The number of benzene rings is 1. The van der Waals surface area contributed by atoms with Crippen LogP contribution >= 0.6 is 0 Å². The third-order valence-corrected chi connectivity index (χ3v) is 2.26. The zero-order chi connectivity index (χ0) is 10.9. The van der Waals surface area contributed by atoms with Crippen LogP contribution in [0, 0.1) is 11.3 Å². The van der Waals surface area contributed by atoms with E-state index in [1.807, 2.05) is 24.3 Å². The number of unbranched alkanes of at least 4 members (excludes halogenated alkanes) is 1. The first-order valence-electron chi connectivity index (χ1n) is 5.43. The molecule has 0 radical (unpaired) electrons. The maximum absolute atomic E-state index is 8.63. The maximum atomic E-state index is 8.63. The van der Waals surface area contributed by atoms with Gasteiger partial charge in [-0.3, -0.25) is 0 Å². The van der Waals surface area contributed by atoms with E-state index in [1.165, 1.54) is 12.0 Å². The van der Waals surface area contributed by atoms with Crippen molar-refractivity contribution in [2.45, 2.75) is 26.2 Å². The lowest BCUT2D eigenvalue weighted by molar-refractivity contribution is 0.134. The first kappa shape index (κ1) is 11.7. The van der Waals surface area contributed by atoms with E-state index in [4.69, 9.17) is 10.00 Å². The normalized spacial score (nSPS) is 9.87. The number of hydrogen-bond acceptors (Lipinski definition) is 2. The largest absolute Gasteiger partial charge is 0.381 e. The molecule has 80 valence electrons. The molecule has 0 aliphatic heterocycles. The number of hydrogen-bond donors (Lipinski definition) is 0. The maximum Gasteiger partial charge on any atom is 0.0991 e. The third-order valence-electron chi connectivity index (χ3n) is 2.26. The van der Waals surface area contributed by atoms with Gasteiger partial charge in [-0.2, -0.15) is 5.26 Å². The summed E-state index contributed by atoms with van der Waals surface area (Å²) in [5.74, 6) is 0. The third kappa shape index (κ3) is 4.62. The van der Waals surface area contributed by atoms with Gasteiger partial charge in [0, 0.05) is 6.61 Å². The summed E-state index contributed by atoms with van der Waals surface area (Å²) in [6.07, 6.45) is 3.24. The van der Waals surface area contributed by atoms with Crippen LogP contribution in [0.4, 0.5) is 0 Å². The van der Waals surface area contributed by atoms with Gasteiger partial charge in [0.15, 0.2) is 0 Å². The molecule has 0 aliphatic carbocycles. The van der Waals surface area contributed by atoms with Crippen molar-refractivity contribution >= 4 is 0 Å². The molecule has 0 spiro atoms. The van der Waals surface area contributed by atoms with E-state index >= 15 is 0 Å². The number of nitrogens with zero attached hydrogens (tertiary/aromatic N) is 1. The summed E-state index contributed by atoms with van der Waals surface area (Å²) < 4.78 is 5.47. The van der Waals surface area contributed by atoms with Crippen LogP contribution in [0.2, 0.25) is 0 Å². The molecule has 15 heavy (non-hydrogen) atoms. The van der Waals surface area contributed by atoms with Crippen molar-refractivity contribution in [3.8, 4) is 6.07 Å². The molecule has 1 aromatic carbocycles. The van der Waals surface area contributed by atoms with Crippen molar-refractivity contribution in [1.29, 1.82) is 5.26 Å². The van der Waals surface area contributed by atoms with Crippen LogP contribution in [0.15, 0.2) is 24.3 Å². The lowest BCUT2D eigenvalue weighted by atomic mass is 10.1. The highest BCUT2D eigenvalue weighted by Crippen LogP contribution is 2.04. The minimum atomic E-state index is 0.714. The van der Waals surface area contributed by atoms with Crippen molar-refractivity contribution in [2.75, 3.05) is 13.2 Å². The highest BCUT2D eigenvalue weighted by atomic mass is 16.5. The molecular weight excluding hydrogens is 186 g/mol. The molecule has 0 unspecified atom stereocenters. The molecule has 1 aromatic rings. The minimum Gasteiger partial charge on any atom is -0.381 e. The molecule has 1 rings (SSSR count). The topological polar surface area (TPSA) is 33.0 Å². The fraction of sp³-hybridized carbons (Fsp3) is 0.462. The second-order valence-corrected chi connectivity index (χ2v) is 3.52. The quantitative estimate of drug-likeness (QED) is 0.666. The highest BCUT2D eigenvalue weighted by Gasteiger charge is 1.94. The molecule has 0 N–H and O–H groups in total. The van der Waals surface area contributed by atoms with Crippen LogP contribution in [0.25, 0.3) is 0 Å². The lowest BCUT2D eigenvalue weighted by Gasteiger charge is -2.03. The van der Waals surface area contributed by atoms with E-state index in [0.29, 0.717) is 5.56 Å². The number of rotatable bonds is 6. The van der Waals surface area contributed by atoms with Gasteiger partial charge >= 0.3 is 0 Å². The van der Waals surface area contributed by atoms with Crippen LogP contribution < -0.4 is 0 Å². The van der Waals surface area contributed by atoms with Crippen molar-refractivity contribution in [3.05, 3.63) is 35.4 Å². The summed E-state index contributed by atoms with van der Waals surface area (Å²) in [4.78, 5) is 0. The molecule has 0 amide bonds. The van der Waals surface area contributed by atoms with Gasteiger partial charge < -0.3 is 4.74 Å². The Labute approximate surface area is 91.5 Å². The van der Waals surface area contributed by atoms with Crippen LogP contribution in [0.3, 0.4) is 0 Å². The van der Waals surface area contributed by atoms with Crippen LogP contribution in [-0.4, -0.2) is 13.2 Å². The Kier molecular flexibility index (Phi) is 5.50. The van der Waals surface area contributed by atoms with Gasteiger partial charge in [0.05, 0.1) is 18.2 Å². The summed E-state index contributed by atoms with van der Waals surface area (Å²) in [6, 6.07) is 9.78. The van der Waals surface area contributed by atoms with E-state index in [2.05, 4.69) is 13.0 Å². The average Bonchev–Trinajstić information content (AvgIpc) is 2.30. The van der Waals surface area contributed by atoms with E-state index in [0.717, 1.165) is 26.1 Å². The van der Waals surface area contributed by atoms with Crippen molar-refractivity contribution in [3.63, 3.8) is 0 Å². The van der Waals surface area contributed by atoms with E-state index in [1.54, 1.807) is 0 Å². The zero-order valence-corrected chi connectivity index (χ0v) is 9.20. The zero-order valence-electron chi connectivity index (χ0n) is 9.20. The van der Waals surface area contributed by atoms with E-state index in [-0.39, 0.29) is 0 Å². The van der Waals surface area contributed by atoms with E-state index < -0.39 is 0 Å². The summed E-state index contributed by atoms with van der Waals surface area (Å²) >= 11 is 0. The van der Waals surface area contributed by atoms with Gasteiger partial charge in [-0.05, 0) is 30.5 Å². The van der Waals surface area contributed by atoms with Gasteiger partial charge in [-0.1, -0.05) is 25.5 Å². The molecule has 0 atom stereocenters. The van der Waals surface area contributed by atoms with Gasteiger partial charge in [-0.15, -0.1) is 0 Å². The molecule has 2 heteroatoms. The number of ether oxygens (including phenoxy) is 1. The fourth-order valence-electron chi connectivity index (χ4n) is 1.28. The Morgan fingerprint density at radius 3 is 2.53 bits per heavy atom. The van der Waals surface area contributed by atoms with E-state index in [9.17, 15) is 0 Å². The second kappa shape index (κ2) is 7.03. The highest BCUT2D eigenvalue weighted by molar-refractivity contribution is 5.31. The molecule has 0 saturated heterocycles. The molecule has 0 aromatic heterocycles. The molecule has 2 nitrogen and oxygen atoms in total. The van der Waals surface area contributed by atoms with Crippen molar-refractivity contribution in [2.24, 2.45) is 0 Å². The molecule has 0 fully saturated rings. The van der Waals surface area contributed by atoms with Crippen molar-refractivity contribution < 1.29 is 4.74 Å². The Morgan fingerprint density at radius 1 is 1.20 bits per heavy atom. The van der Waals surface area contributed by atoms with Gasteiger partial charge in [-0.25, -0.2) is 0 Å². The van der Waals surface area contributed by atoms with Gasteiger partial charge in [0.2, 0.25) is 0 Å². The second-order valence-electron chi connectivity index (χ2n) is 3.52. The summed E-state index contributed by atoms with van der Waals surface area (Å²) in [5, 5.41) is 8.63. The Morgan fingerprint density at radius 2 is 1.93 bits per heavy atom. The summed E-state index contributed by atoms with van der Waals surface area (Å²) in [7, 11) is 0. The molecule has 0 bridgehead atoms. The average molecular weight is 203 g/mol. The lowest BCUT2D eigenvalue weighted by Crippen LogP contribution is -1.99. The number of nitriles is 1. The Balaban J connectivity index is 2.23. The summed E-state index contributed by atoms with van der Waals surface area (Å²) in [6.45, 7) is 3.78. The van der Waals surface area contributed by atoms with Crippen molar-refractivity contribution in [1.82, 2.24) is 0 Å². The minimum absolute atomic E-state index is 0.714. The monoisotopic (exact) mass is 203 g/mol. The predicted molar refractivity (Wildman–Crippen MR) is 60.6 cm³/mol. The van der Waals surface area contributed by atoms with Crippen LogP contribution in [0.1, 0.15) is 30.9 Å². The Hall–Kier alpha value is -1.33. The smallest absolute Gasteiger partial charge is 0.0991 e. The standard InChI is InChI=1S/C13H17NO/c1-2-3-9-15-10-8-12-4-6-13(11-14)7-5-12/h4-7H,2-3,8-10H2,1H3. The SMILES string of the molecule is CCCCOCCc1ccc(C#N)cc1. The van der Waals surface area contributed by atoms with Crippen LogP contribution in [0.5, 0.6) is 0 Å².